The monoisotopic (exact) mass is 298 g/mol. The van der Waals surface area contributed by atoms with E-state index < -0.39 is 11.7 Å². The molecule has 1 aliphatic rings. The highest BCUT2D eigenvalue weighted by Crippen LogP contribution is 2.21. The number of hydrogen-bond donors (Lipinski definition) is 1. The number of amides is 2. The van der Waals surface area contributed by atoms with Gasteiger partial charge < -0.3 is 15.0 Å². The predicted octanol–water partition coefficient (Wildman–Crippen LogP) is 2.94. The molecular weight excluding hydrogens is 268 g/mol. The number of carbonyl (C=O) groups is 2. The molecule has 0 aliphatic carbocycles. The molecule has 0 spiro atoms. The Labute approximate surface area is 128 Å². The van der Waals surface area contributed by atoms with Gasteiger partial charge in [0.1, 0.15) is 5.60 Å². The van der Waals surface area contributed by atoms with E-state index in [4.69, 9.17) is 4.74 Å². The highest BCUT2D eigenvalue weighted by atomic mass is 16.6. The molecule has 5 heteroatoms. The van der Waals surface area contributed by atoms with Crippen LogP contribution in [0.5, 0.6) is 0 Å². The first-order valence-corrected chi connectivity index (χ1v) is 8.06. The van der Waals surface area contributed by atoms with E-state index in [9.17, 15) is 9.59 Å². The largest absolute Gasteiger partial charge is 0.444 e. The van der Waals surface area contributed by atoms with Gasteiger partial charge in [0.25, 0.3) is 0 Å². The third-order valence-corrected chi connectivity index (χ3v) is 3.67. The fourth-order valence-corrected chi connectivity index (χ4v) is 2.62. The van der Waals surface area contributed by atoms with Crippen molar-refractivity contribution in [1.29, 1.82) is 0 Å². The molecule has 5 nitrogen and oxygen atoms in total. The van der Waals surface area contributed by atoms with E-state index in [1.165, 1.54) is 12.8 Å². The number of nitrogens with zero attached hydrogens (tertiary/aromatic N) is 1. The second kappa shape index (κ2) is 8.25. The standard InChI is InChI=1S/C16H30N2O3/c1-5-6-13-8-11-18(12-9-13)14(19)7-10-17-15(20)21-16(2,3)4/h13H,5-12H2,1-4H3,(H,17,20). The molecule has 1 rings (SSSR count). The van der Waals surface area contributed by atoms with Crippen LogP contribution < -0.4 is 5.32 Å². The molecule has 2 amide bonds. The smallest absolute Gasteiger partial charge is 0.407 e. The molecule has 0 bridgehead atoms. The minimum Gasteiger partial charge on any atom is -0.444 e. The van der Waals surface area contributed by atoms with Gasteiger partial charge in [-0.05, 0) is 39.5 Å². The minimum absolute atomic E-state index is 0.126. The number of rotatable bonds is 5. The van der Waals surface area contributed by atoms with Gasteiger partial charge in [0.15, 0.2) is 0 Å². The molecule has 1 fully saturated rings. The maximum absolute atomic E-state index is 12.1. The van der Waals surface area contributed by atoms with E-state index in [2.05, 4.69) is 12.2 Å². The molecule has 1 heterocycles. The third kappa shape index (κ3) is 7.34. The zero-order valence-corrected chi connectivity index (χ0v) is 13.9. The van der Waals surface area contributed by atoms with Crippen LogP contribution in [0.2, 0.25) is 0 Å². The topological polar surface area (TPSA) is 58.6 Å². The first-order valence-electron chi connectivity index (χ1n) is 8.06. The number of hydrogen-bond acceptors (Lipinski definition) is 3. The third-order valence-electron chi connectivity index (χ3n) is 3.67. The molecule has 122 valence electrons. The molecule has 1 saturated heterocycles. The Kier molecular flexibility index (Phi) is 6.99. The Balaban J connectivity index is 2.19. The lowest BCUT2D eigenvalue weighted by Crippen LogP contribution is -2.40. The summed E-state index contributed by atoms with van der Waals surface area (Å²) in [6.07, 6.45) is 4.59. The van der Waals surface area contributed by atoms with Crippen molar-refractivity contribution in [2.45, 2.75) is 65.4 Å². The van der Waals surface area contributed by atoms with Crippen LogP contribution in [0.1, 0.15) is 59.8 Å². The van der Waals surface area contributed by atoms with Crippen LogP contribution in [-0.4, -0.2) is 42.1 Å². The number of piperidine rings is 1. The Morgan fingerprint density at radius 2 is 1.86 bits per heavy atom. The number of alkyl carbamates (subject to hydrolysis) is 1. The zero-order valence-electron chi connectivity index (χ0n) is 13.9. The maximum atomic E-state index is 12.1. The summed E-state index contributed by atoms with van der Waals surface area (Å²) < 4.78 is 5.13. The molecule has 0 atom stereocenters. The van der Waals surface area contributed by atoms with Crippen molar-refractivity contribution >= 4 is 12.0 Å². The van der Waals surface area contributed by atoms with Crippen LogP contribution in [0.15, 0.2) is 0 Å². The van der Waals surface area contributed by atoms with Crippen molar-refractivity contribution in [2.24, 2.45) is 5.92 Å². The lowest BCUT2D eigenvalue weighted by Gasteiger charge is -2.32. The lowest BCUT2D eigenvalue weighted by atomic mass is 9.92. The Bertz CT molecular complexity index is 342. The fraction of sp³-hybridized carbons (Fsp3) is 0.875. The molecule has 0 radical (unpaired) electrons. The number of ether oxygens (including phenoxy) is 1. The van der Waals surface area contributed by atoms with Gasteiger partial charge in [-0.2, -0.15) is 0 Å². The van der Waals surface area contributed by atoms with Gasteiger partial charge in [-0.15, -0.1) is 0 Å². The highest BCUT2D eigenvalue weighted by Gasteiger charge is 2.22. The summed E-state index contributed by atoms with van der Waals surface area (Å²) in [6, 6.07) is 0. The van der Waals surface area contributed by atoms with Gasteiger partial charge in [0.05, 0.1) is 0 Å². The van der Waals surface area contributed by atoms with Crippen LogP contribution in [-0.2, 0) is 9.53 Å². The number of nitrogens with one attached hydrogen (secondary N) is 1. The first kappa shape index (κ1) is 17.8. The van der Waals surface area contributed by atoms with Crippen molar-refractivity contribution in [1.82, 2.24) is 10.2 Å². The lowest BCUT2D eigenvalue weighted by molar-refractivity contribution is -0.132. The van der Waals surface area contributed by atoms with Gasteiger partial charge in [-0.3, -0.25) is 4.79 Å². The SMILES string of the molecule is CCCC1CCN(C(=O)CCNC(=O)OC(C)(C)C)CC1. The summed E-state index contributed by atoms with van der Waals surface area (Å²) >= 11 is 0. The summed E-state index contributed by atoms with van der Waals surface area (Å²) in [4.78, 5) is 25.5. The molecular formula is C16H30N2O3. The number of likely N-dealkylation sites (tertiary alicyclic amines) is 1. The van der Waals surface area contributed by atoms with Crippen LogP contribution >= 0.6 is 0 Å². The minimum atomic E-state index is -0.505. The summed E-state index contributed by atoms with van der Waals surface area (Å²) in [5, 5.41) is 2.63. The van der Waals surface area contributed by atoms with E-state index >= 15 is 0 Å². The molecule has 1 aliphatic heterocycles. The van der Waals surface area contributed by atoms with Crippen molar-refractivity contribution in [3.8, 4) is 0 Å². The quantitative estimate of drug-likeness (QED) is 0.849. The van der Waals surface area contributed by atoms with Gasteiger partial charge >= 0.3 is 6.09 Å². The Hall–Kier alpha value is -1.26. The van der Waals surface area contributed by atoms with Crippen molar-refractivity contribution in [2.75, 3.05) is 19.6 Å². The second-order valence-corrected chi connectivity index (χ2v) is 6.79. The molecule has 0 unspecified atom stereocenters. The molecule has 1 N–H and O–H groups in total. The Morgan fingerprint density at radius 1 is 1.24 bits per heavy atom. The van der Waals surface area contributed by atoms with E-state index in [-0.39, 0.29) is 5.91 Å². The normalized spacial score (nSPS) is 16.7. The van der Waals surface area contributed by atoms with Crippen molar-refractivity contribution in [3.63, 3.8) is 0 Å². The van der Waals surface area contributed by atoms with E-state index in [1.807, 2.05) is 25.7 Å². The summed E-state index contributed by atoms with van der Waals surface area (Å²) in [6.45, 7) is 9.71. The molecule has 0 saturated carbocycles. The first-order chi connectivity index (χ1) is 9.81. The molecule has 0 aromatic rings. The van der Waals surface area contributed by atoms with E-state index in [0.29, 0.717) is 13.0 Å². The van der Waals surface area contributed by atoms with Crippen LogP contribution in [0.3, 0.4) is 0 Å². The average molecular weight is 298 g/mol. The van der Waals surface area contributed by atoms with E-state index in [1.54, 1.807) is 0 Å². The van der Waals surface area contributed by atoms with Gasteiger partial charge in [0, 0.05) is 26.1 Å². The Morgan fingerprint density at radius 3 is 2.38 bits per heavy atom. The second-order valence-electron chi connectivity index (χ2n) is 6.79. The summed E-state index contributed by atoms with van der Waals surface area (Å²) in [5.74, 6) is 0.903. The summed E-state index contributed by atoms with van der Waals surface area (Å²) in [5.41, 5.74) is -0.505. The van der Waals surface area contributed by atoms with Crippen molar-refractivity contribution < 1.29 is 14.3 Å². The summed E-state index contributed by atoms with van der Waals surface area (Å²) in [7, 11) is 0. The molecule has 0 aromatic heterocycles. The van der Waals surface area contributed by atoms with Crippen LogP contribution in [0, 0.1) is 5.92 Å². The van der Waals surface area contributed by atoms with Crippen LogP contribution in [0.4, 0.5) is 4.79 Å². The van der Waals surface area contributed by atoms with Crippen LogP contribution in [0.25, 0.3) is 0 Å². The molecule has 0 aromatic carbocycles. The number of carbonyl (C=O) groups excluding carboxylic acids is 2. The van der Waals surface area contributed by atoms with Crippen molar-refractivity contribution in [3.05, 3.63) is 0 Å². The van der Waals surface area contributed by atoms with Gasteiger partial charge in [0.2, 0.25) is 5.91 Å². The van der Waals surface area contributed by atoms with Gasteiger partial charge in [-0.25, -0.2) is 4.79 Å². The van der Waals surface area contributed by atoms with Gasteiger partial charge in [-0.1, -0.05) is 19.8 Å². The fourth-order valence-electron chi connectivity index (χ4n) is 2.62. The molecule has 21 heavy (non-hydrogen) atoms. The zero-order chi connectivity index (χ0) is 15.9. The highest BCUT2D eigenvalue weighted by molar-refractivity contribution is 5.77. The van der Waals surface area contributed by atoms with E-state index in [0.717, 1.165) is 31.8 Å². The maximum Gasteiger partial charge on any atom is 0.407 e. The average Bonchev–Trinajstić information content (AvgIpc) is 2.37. The predicted molar refractivity (Wildman–Crippen MR) is 83.1 cm³/mol.